The molecule has 0 aliphatic carbocycles. The van der Waals surface area contributed by atoms with Crippen molar-refractivity contribution in [3.05, 3.63) is 35.2 Å². The second kappa shape index (κ2) is 5.99. The summed E-state index contributed by atoms with van der Waals surface area (Å²) in [5.74, 6) is 1.25. The Hall–Kier alpha value is -1.83. The lowest BCUT2D eigenvalue weighted by molar-refractivity contribution is -0.141. The van der Waals surface area contributed by atoms with Gasteiger partial charge in [-0.2, -0.15) is 13.2 Å². The number of piperidine rings is 1. The number of hydrogen-bond acceptors (Lipinski definition) is 4. The topological polar surface area (TPSA) is 47.1 Å². The van der Waals surface area contributed by atoms with Gasteiger partial charge in [0, 0.05) is 38.3 Å². The van der Waals surface area contributed by atoms with E-state index in [2.05, 4.69) is 15.0 Å². The molecule has 1 fully saturated rings. The van der Waals surface area contributed by atoms with Crippen LogP contribution in [0.15, 0.2) is 16.8 Å². The van der Waals surface area contributed by atoms with Crippen molar-refractivity contribution in [3.8, 4) is 0 Å². The SMILES string of the molecule is Cc1cc(CN2CCCC(c3nc(C(F)(F)F)cn3C)C2)no1. The van der Waals surface area contributed by atoms with Gasteiger partial charge in [0.15, 0.2) is 5.69 Å². The van der Waals surface area contributed by atoms with Crippen LogP contribution in [-0.4, -0.2) is 32.7 Å². The summed E-state index contributed by atoms with van der Waals surface area (Å²) in [6, 6.07) is 1.88. The van der Waals surface area contributed by atoms with Gasteiger partial charge in [-0.3, -0.25) is 4.90 Å². The highest BCUT2D eigenvalue weighted by atomic mass is 19.4. The van der Waals surface area contributed by atoms with Gasteiger partial charge in [-0.25, -0.2) is 4.98 Å². The Morgan fingerprint density at radius 2 is 2.17 bits per heavy atom. The van der Waals surface area contributed by atoms with Gasteiger partial charge in [-0.15, -0.1) is 0 Å². The lowest BCUT2D eigenvalue weighted by Crippen LogP contribution is -2.34. The molecule has 0 N–H and O–H groups in total. The first kappa shape index (κ1) is 16.0. The Balaban J connectivity index is 1.72. The molecule has 0 saturated carbocycles. The molecule has 5 nitrogen and oxygen atoms in total. The van der Waals surface area contributed by atoms with Crippen LogP contribution >= 0.6 is 0 Å². The fourth-order valence-corrected chi connectivity index (χ4v) is 3.13. The molecule has 8 heteroatoms. The number of rotatable bonds is 3. The third kappa shape index (κ3) is 3.57. The molecule has 126 valence electrons. The summed E-state index contributed by atoms with van der Waals surface area (Å²) in [7, 11) is 1.62. The summed E-state index contributed by atoms with van der Waals surface area (Å²) >= 11 is 0. The average Bonchev–Trinajstić information content (AvgIpc) is 3.05. The van der Waals surface area contributed by atoms with Gasteiger partial charge >= 0.3 is 6.18 Å². The second-order valence-corrected chi connectivity index (χ2v) is 6.10. The van der Waals surface area contributed by atoms with Crippen molar-refractivity contribution in [1.29, 1.82) is 0 Å². The van der Waals surface area contributed by atoms with E-state index in [4.69, 9.17) is 4.52 Å². The third-order valence-corrected chi connectivity index (χ3v) is 4.14. The number of halogens is 3. The van der Waals surface area contributed by atoms with E-state index in [1.807, 2.05) is 13.0 Å². The van der Waals surface area contributed by atoms with Gasteiger partial charge < -0.3 is 9.09 Å². The molecule has 0 aromatic carbocycles. The van der Waals surface area contributed by atoms with E-state index in [0.717, 1.165) is 37.0 Å². The van der Waals surface area contributed by atoms with Gasteiger partial charge in [0.1, 0.15) is 11.6 Å². The Morgan fingerprint density at radius 1 is 1.39 bits per heavy atom. The Morgan fingerprint density at radius 3 is 2.78 bits per heavy atom. The summed E-state index contributed by atoms with van der Waals surface area (Å²) in [5, 5.41) is 3.98. The summed E-state index contributed by atoms with van der Waals surface area (Å²) in [4.78, 5) is 6.02. The molecule has 3 rings (SSSR count). The molecule has 1 atom stereocenters. The van der Waals surface area contributed by atoms with Gasteiger partial charge in [0.05, 0.1) is 5.69 Å². The molecule has 0 radical (unpaired) electrons. The minimum Gasteiger partial charge on any atom is -0.361 e. The molecule has 3 heterocycles. The van der Waals surface area contributed by atoms with Crippen LogP contribution in [0.4, 0.5) is 13.2 Å². The van der Waals surface area contributed by atoms with Crippen molar-refractivity contribution in [2.24, 2.45) is 7.05 Å². The normalized spacial score (nSPS) is 20.1. The molecular formula is C15H19F3N4O. The first-order chi connectivity index (χ1) is 10.8. The summed E-state index contributed by atoms with van der Waals surface area (Å²) in [6.07, 6.45) is -1.57. The molecule has 1 saturated heterocycles. The predicted molar refractivity (Wildman–Crippen MR) is 76.7 cm³/mol. The zero-order valence-corrected chi connectivity index (χ0v) is 13.1. The standard InChI is InChI=1S/C15H19F3N4O/c1-10-6-12(20-23-10)8-22-5-3-4-11(7-22)14-19-13(9-21(14)2)15(16,17)18/h6,9,11H,3-5,7-8H2,1-2H3. The smallest absolute Gasteiger partial charge is 0.361 e. The molecule has 2 aromatic heterocycles. The van der Waals surface area contributed by atoms with E-state index in [9.17, 15) is 13.2 Å². The van der Waals surface area contributed by atoms with E-state index < -0.39 is 11.9 Å². The summed E-state index contributed by atoms with van der Waals surface area (Å²) in [5.41, 5.74) is 0.0261. The van der Waals surface area contributed by atoms with Crippen LogP contribution in [0.5, 0.6) is 0 Å². The summed E-state index contributed by atoms with van der Waals surface area (Å²) in [6.45, 7) is 4.06. The number of nitrogens with zero attached hydrogens (tertiary/aromatic N) is 4. The number of hydrogen-bond donors (Lipinski definition) is 0. The first-order valence-corrected chi connectivity index (χ1v) is 7.58. The van der Waals surface area contributed by atoms with Gasteiger partial charge in [-0.1, -0.05) is 5.16 Å². The molecule has 1 unspecified atom stereocenters. The Labute approximate surface area is 132 Å². The fourth-order valence-electron chi connectivity index (χ4n) is 3.13. The van der Waals surface area contributed by atoms with E-state index in [1.165, 1.54) is 4.57 Å². The van der Waals surface area contributed by atoms with E-state index in [1.54, 1.807) is 7.05 Å². The highest BCUT2D eigenvalue weighted by Gasteiger charge is 2.36. The highest BCUT2D eigenvalue weighted by molar-refractivity contribution is 5.12. The van der Waals surface area contributed by atoms with Crippen molar-refractivity contribution in [3.63, 3.8) is 0 Å². The third-order valence-electron chi connectivity index (χ3n) is 4.14. The van der Waals surface area contributed by atoms with Crippen LogP contribution in [0, 0.1) is 6.92 Å². The molecular weight excluding hydrogens is 309 g/mol. The minimum atomic E-state index is -4.40. The van der Waals surface area contributed by atoms with Crippen LogP contribution in [0.25, 0.3) is 0 Å². The largest absolute Gasteiger partial charge is 0.434 e. The van der Waals surface area contributed by atoms with Crippen LogP contribution in [0.2, 0.25) is 0 Å². The second-order valence-electron chi connectivity index (χ2n) is 6.10. The molecule has 1 aliphatic rings. The van der Waals surface area contributed by atoms with Gasteiger partial charge in [0.2, 0.25) is 0 Å². The molecule has 2 aromatic rings. The Bertz CT molecular complexity index is 677. The lowest BCUT2D eigenvalue weighted by atomic mass is 9.97. The predicted octanol–water partition coefficient (Wildman–Crippen LogP) is 3.11. The van der Waals surface area contributed by atoms with Crippen molar-refractivity contribution >= 4 is 0 Å². The lowest BCUT2D eigenvalue weighted by Gasteiger charge is -2.31. The summed E-state index contributed by atoms with van der Waals surface area (Å²) < 4.78 is 45.0. The molecule has 0 amide bonds. The van der Waals surface area contributed by atoms with Crippen LogP contribution < -0.4 is 0 Å². The van der Waals surface area contributed by atoms with Crippen molar-refractivity contribution in [1.82, 2.24) is 19.6 Å². The maximum atomic E-state index is 12.8. The number of likely N-dealkylation sites (tertiary alicyclic amines) is 1. The first-order valence-electron chi connectivity index (χ1n) is 7.58. The number of alkyl halides is 3. The van der Waals surface area contributed by atoms with Crippen molar-refractivity contribution < 1.29 is 17.7 Å². The van der Waals surface area contributed by atoms with E-state index in [0.29, 0.717) is 18.9 Å². The number of aryl methyl sites for hydroxylation is 2. The van der Waals surface area contributed by atoms with E-state index >= 15 is 0 Å². The Kier molecular flexibility index (Phi) is 4.18. The molecule has 0 spiro atoms. The van der Waals surface area contributed by atoms with Crippen molar-refractivity contribution in [2.75, 3.05) is 13.1 Å². The van der Waals surface area contributed by atoms with Gasteiger partial charge in [-0.05, 0) is 26.3 Å². The molecule has 23 heavy (non-hydrogen) atoms. The zero-order valence-electron chi connectivity index (χ0n) is 13.1. The molecule has 1 aliphatic heterocycles. The zero-order chi connectivity index (χ0) is 16.6. The quantitative estimate of drug-likeness (QED) is 0.868. The van der Waals surface area contributed by atoms with Crippen LogP contribution in [-0.2, 0) is 19.8 Å². The van der Waals surface area contributed by atoms with Crippen LogP contribution in [0.1, 0.15) is 41.7 Å². The van der Waals surface area contributed by atoms with Gasteiger partial charge in [0.25, 0.3) is 0 Å². The molecule has 0 bridgehead atoms. The maximum absolute atomic E-state index is 12.8. The van der Waals surface area contributed by atoms with Crippen molar-refractivity contribution in [2.45, 2.75) is 38.4 Å². The number of imidazole rings is 1. The minimum absolute atomic E-state index is 0.00199. The average molecular weight is 328 g/mol. The van der Waals surface area contributed by atoms with Crippen LogP contribution in [0.3, 0.4) is 0 Å². The maximum Gasteiger partial charge on any atom is 0.434 e. The fraction of sp³-hybridized carbons (Fsp3) is 0.600. The highest BCUT2D eigenvalue weighted by Crippen LogP contribution is 2.32. The monoisotopic (exact) mass is 328 g/mol. The van der Waals surface area contributed by atoms with E-state index in [-0.39, 0.29) is 5.92 Å². The number of aromatic nitrogens is 3.